The standard InChI is InChI=1S/C13H12ClN3O/c1-8-3-4-11(18-2)9(7-8)13-16-10(5-6-15)12(14)17-13/h3-4,7H,5H2,1-2H3,(H,16,17). The summed E-state index contributed by atoms with van der Waals surface area (Å²) in [6, 6.07) is 7.85. The van der Waals surface area contributed by atoms with E-state index in [4.69, 9.17) is 21.6 Å². The molecule has 0 saturated heterocycles. The van der Waals surface area contributed by atoms with Crippen molar-refractivity contribution in [1.29, 1.82) is 5.26 Å². The van der Waals surface area contributed by atoms with Gasteiger partial charge < -0.3 is 9.72 Å². The fourth-order valence-corrected chi connectivity index (χ4v) is 1.92. The lowest BCUT2D eigenvalue weighted by Crippen LogP contribution is -1.90. The smallest absolute Gasteiger partial charge is 0.151 e. The predicted octanol–water partition coefficient (Wildman–Crippen LogP) is 3.11. The van der Waals surface area contributed by atoms with Crippen LogP contribution in [0.2, 0.25) is 5.15 Å². The van der Waals surface area contributed by atoms with Crippen molar-refractivity contribution in [2.24, 2.45) is 0 Å². The van der Waals surface area contributed by atoms with Crippen LogP contribution in [0.25, 0.3) is 11.4 Å². The van der Waals surface area contributed by atoms with Gasteiger partial charge >= 0.3 is 0 Å². The third-order valence-corrected chi connectivity index (χ3v) is 2.91. The molecule has 0 unspecified atom stereocenters. The SMILES string of the molecule is COc1ccc(C)cc1-c1nc(Cl)c(CC#N)[nH]1. The van der Waals surface area contributed by atoms with Gasteiger partial charge in [0.25, 0.3) is 0 Å². The second-order valence-corrected chi connectivity index (χ2v) is 4.25. The van der Waals surface area contributed by atoms with Crippen molar-refractivity contribution in [3.63, 3.8) is 0 Å². The lowest BCUT2D eigenvalue weighted by atomic mass is 10.1. The summed E-state index contributed by atoms with van der Waals surface area (Å²) in [4.78, 5) is 7.28. The van der Waals surface area contributed by atoms with Gasteiger partial charge in [-0.05, 0) is 19.1 Å². The molecule has 1 aromatic carbocycles. The van der Waals surface area contributed by atoms with Gasteiger partial charge in [0.05, 0.1) is 30.9 Å². The Morgan fingerprint density at radius 1 is 1.50 bits per heavy atom. The number of aryl methyl sites for hydroxylation is 1. The number of aromatic nitrogens is 2. The first-order chi connectivity index (χ1) is 8.65. The van der Waals surface area contributed by atoms with Crippen LogP contribution in [0.4, 0.5) is 0 Å². The maximum Gasteiger partial charge on any atom is 0.151 e. The second-order valence-electron chi connectivity index (χ2n) is 3.89. The molecular weight excluding hydrogens is 250 g/mol. The number of ether oxygens (including phenoxy) is 1. The summed E-state index contributed by atoms with van der Waals surface area (Å²) in [5.41, 5.74) is 2.56. The number of halogens is 1. The summed E-state index contributed by atoms with van der Waals surface area (Å²) >= 11 is 5.97. The molecule has 1 N–H and O–H groups in total. The van der Waals surface area contributed by atoms with Gasteiger partial charge in [0, 0.05) is 0 Å². The Kier molecular flexibility index (Phi) is 3.54. The van der Waals surface area contributed by atoms with E-state index in [1.807, 2.05) is 31.2 Å². The number of imidazole rings is 1. The van der Waals surface area contributed by atoms with Crippen LogP contribution in [0.3, 0.4) is 0 Å². The van der Waals surface area contributed by atoms with Crippen molar-refractivity contribution < 1.29 is 4.74 Å². The minimum Gasteiger partial charge on any atom is -0.496 e. The fraction of sp³-hybridized carbons (Fsp3) is 0.231. The van der Waals surface area contributed by atoms with E-state index in [1.54, 1.807) is 7.11 Å². The number of rotatable bonds is 3. The van der Waals surface area contributed by atoms with Gasteiger partial charge in [-0.3, -0.25) is 0 Å². The van der Waals surface area contributed by atoms with Crippen molar-refractivity contribution in [3.05, 3.63) is 34.6 Å². The maximum absolute atomic E-state index is 8.69. The highest BCUT2D eigenvalue weighted by atomic mass is 35.5. The quantitative estimate of drug-likeness (QED) is 0.923. The first-order valence-electron chi connectivity index (χ1n) is 5.42. The van der Waals surface area contributed by atoms with E-state index in [0.717, 1.165) is 16.9 Å². The number of benzene rings is 1. The molecule has 2 aromatic rings. The van der Waals surface area contributed by atoms with Crippen LogP contribution in [0, 0.1) is 18.3 Å². The normalized spacial score (nSPS) is 10.1. The molecule has 2 rings (SSSR count). The van der Waals surface area contributed by atoms with Gasteiger partial charge in [-0.2, -0.15) is 5.26 Å². The molecule has 4 nitrogen and oxygen atoms in total. The molecule has 1 aromatic heterocycles. The Morgan fingerprint density at radius 2 is 2.28 bits per heavy atom. The third kappa shape index (κ3) is 2.31. The molecular formula is C13H12ClN3O. The molecule has 0 saturated carbocycles. The largest absolute Gasteiger partial charge is 0.496 e. The molecule has 0 atom stereocenters. The summed E-state index contributed by atoms with van der Waals surface area (Å²) in [6.45, 7) is 1.99. The lowest BCUT2D eigenvalue weighted by Gasteiger charge is -2.06. The van der Waals surface area contributed by atoms with Gasteiger partial charge in [0.2, 0.25) is 0 Å². The lowest BCUT2D eigenvalue weighted by molar-refractivity contribution is 0.416. The number of nitrogens with one attached hydrogen (secondary N) is 1. The molecule has 0 spiro atoms. The average Bonchev–Trinajstić information content (AvgIpc) is 2.71. The van der Waals surface area contributed by atoms with Gasteiger partial charge in [-0.15, -0.1) is 0 Å². The van der Waals surface area contributed by atoms with Crippen LogP contribution in [-0.2, 0) is 6.42 Å². The molecule has 0 amide bonds. The molecule has 92 valence electrons. The Labute approximate surface area is 110 Å². The second kappa shape index (κ2) is 5.11. The highest BCUT2D eigenvalue weighted by Gasteiger charge is 2.13. The van der Waals surface area contributed by atoms with Crippen LogP contribution in [0.15, 0.2) is 18.2 Å². The molecule has 1 heterocycles. The van der Waals surface area contributed by atoms with E-state index in [2.05, 4.69) is 9.97 Å². The first-order valence-corrected chi connectivity index (χ1v) is 5.80. The van der Waals surface area contributed by atoms with Gasteiger partial charge in [-0.1, -0.05) is 23.2 Å². The average molecular weight is 262 g/mol. The Balaban J connectivity index is 2.51. The molecule has 0 aliphatic heterocycles. The number of aromatic amines is 1. The Bertz CT molecular complexity index is 613. The Hall–Kier alpha value is -1.99. The first kappa shape index (κ1) is 12.5. The summed E-state index contributed by atoms with van der Waals surface area (Å²) < 4.78 is 5.30. The number of hydrogen-bond acceptors (Lipinski definition) is 3. The van der Waals surface area contributed by atoms with Crippen molar-refractivity contribution >= 4 is 11.6 Å². The topological polar surface area (TPSA) is 61.7 Å². The molecule has 18 heavy (non-hydrogen) atoms. The van der Waals surface area contributed by atoms with Crippen LogP contribution in [-0.4, -0.2) is 17.1 Å². The third-order valence-electron chi connectivity index (χ3n) is 2.59. The molecule has 0 aliphatic carbocycles. The number of hydrogen-bond donors (Lipinski definition) is 1. The summed E-state index contributed by atoms with van der Waals surface area (Å²) in [5.74, 6) is 1.33. The summed E-state index contributed by atoms with van der Waals surface area (Å²) in [6.07, 6.45) is 0.208. The summed E-state index contributed by atoms with van der Waals surface area (Å²) in [5, 5.41) is 9.02. The van der Waals surface area contributed by atoms with E-state index in [9.17, 15) is 0 Å². The minimum absolute atomic E-state index is 0.208. The van der Waals surface area contributed by atoms with Crippen LogP contribution in [0.5, 0.6) is 5.75 Å². The Morgan fingerprint density at radius 3 is 2.94 bits per heavy atom. The van der Waals surface area contributed by atoms with Crippen LogP contribution >= 0.6 is 11.6 Å². The van der Waals surface area contributed by atoms with Crippen molar-refractivity contribution in [3.8, 4) is 23.2 Å². The van der Waals surface area contributed by atoms with Crippen molar-refractivity contribution in [2.75, 3.05) is 7.11 Å². The maximum atomic E-state index is 8.69. The molecule has 0 aliphatic rings. The van der Waals surface area contributed by atoms with Gasteiger partial charge in [0.15, 0.2) is 5.15 Å². The van der Waals surface area contributed by atoms with Crippen molar-refractivity contribution in [1.82, 2.24) is 9.97 Å². The number of H-pyrrole nitrogens is 1. The van der Waals surface area contributed by atoms with E-state index >= 15 is 0 Å². The number of nitriles is 1. The zero-order valence-electron chi connectivity index (χ0n) is 10.1. The molecule has 5 heteroatoms. The van der Waals surface area contributed by atoms with Crippen LogP contribution < -0.4 is 4.74 Å². The van der Waals surface area contributed by atoms with E-state index in [0.29, 0.717) is 16.7 Å². The minimum atomic E-state index is 0.208. The van der Waals surface area contributed by atoms with Gasteiger partial charge in [-0.25, -0.2) is 4.98 Å². The highest BCUT2D eigenvalue weighted by molar-refractivity contribution is 6.30. The molecule has 0 fully saturated rings. The van der Waals surface area contributed by atoms with Gasteiger partial charge in [0.1, 0.15) is 11.6 Å². The number of nitrogens with zero attached hydrogens (tertiary/aromatic N) is 2. The molecule has 0 radical (unpaired) electrons. The van der Waals surface area contributed by atoms with Crippen molar-refractivity contribution in [2.45, 2.75) is 13.3 Å². The fourth-order valence-electron chi connectivity index (χ4n) is 1.72. The monoisotopic (exact) mass is 261 g/mol. The van der Waals surface area contributed by atoms with E-state index in [-0.39, 0.29) is 6.42 Å². The summed E-state index contributed by atoms with van der Waals surface area (Å²) in [7, 11) is 1.61. The zero-order valence-corrected chi connectivity index (χ0v) is 10.9. The zero-order chi connectivity index (χ0) is 13.1. The highest BCUT2D eigenvalue weighted by Crippen LogP contribution is 2.30. The van der Waals surface area contributed by atoms with E-state index in [1.165, 1.54) is 0 Å². The van der Waals surface area contributed by atoms with E-state index < -0.39 is 0 Å². The predicted molar refractivity (Wildman–Crippen MR) is 69.6 cm³/mol. The molecule has 0 bridgehead atoms. The number of methoxy groups -OCH3 is 1. The van der Waals surface area contributed by atoms with Crippen LogP contribution in [0.1, 0.15) is 11.3 Å².